The van der Waals surface area contributed by atoms with Crippen LogP contribution >= 0.6 is 15.9 Å². The highest BCUT2D eigenvalue weighted by atomic mass is 79.9. The summed E-state index contributed by atoms with van der Waals surface area (Å²) >= 11 is 3.28. The Morgan fingerprint density at radius 2 is 2.31 bits per heavy atom. The SMILES string of the molecule is Brc1ccc(N2C=CCC=N2)cn1. The quantitative estimate of drug-likeness (QED) is 0.703. The van der Waals surface area contributed by atoms with Crippen molar-refractivity contribution in [3.8, 4) is 0 Å². The normalized spacial score (nSPS) is 15.0. The van der Waals surface area contributed by atoms with Gasteiger partial charge in [0, 0.05) is 18.8 Å². The van der Waals surface area contributed by atoms with E-state index in [0.717, 1.165) is 16.7 Å². The van der Waals surface area contributed by atoms with Crippen molar-refractivity contribution in [2.24, 2.45) is 5.10 Å². The van der Waals surface area contributed by atoms with Gasteiger partial charge in [-0.05, 0) is 28.1 Å². The molecule has 1 aromatic rings. The number of hydrogen-bond donors (Lipinski definition) is 0. The second-order valence-electron chi connectivity index (χ2n) is 2.60. The predicted molar refractivity (Wildman–Crippen MR) is 56.7 cm³/mol. The first kappa shape index (κ1) is 8.44. The molecule has 0 N–H and O–H groups in total. The van der Waals surface area contributed by atoms with Crippen LogP contribution in [0.25, 0.3) is 0 Å². The Balaban J connectivity index is 2.25. The van der Waals surface area contributed by atoms with E-state index in [0.29, 0.717) is 0 Å². The summed E-state index contributed by atoms with van der Waals surface area (Å²) in [5.74, 6) is 0. The summed E-state index contributed by atoms with van der Waals surface area (Å²) in [4.78, 5) is 4.12. The molecule has 1 aromatic heterocycles. The van der Waals surface area contributed by atoms with Crippen molar-refractivity contribution in [3.05, 3.63) is 35.2 Å². The third-order valence-electron chi connectivity index (χ3n) is 1.67. The lowest BCUT2D eigenvalue weighted by molar-refractivity contribution is 1.04. The molecule has 0 bridgehead atoms. The van der Waals surface area contributed by atoms with Crippen LogP contribution in [0.1, 0.15) is 6.42 Å². The molecule has 1 aliphatic heterocycles. The van der Waals surface area contributed by atoms with Gasteiger partial charge in [0.15, 0.2) is 0 Å². The maximum absolute atomic E-state index is 4.20. The van der Waals surface area contributed by atoms with E-state index >= 15 is 0 Å². The van der Waals surface area contributed by atoms with E-state index in [-0.39, 0.29) is 0 Å². The van der Waals surface area contributed by atoms with Crippen molar-refractivity contribution in [1.82, 2.24) is 4.98 Å². The number of rotatable bonds is 1. The molecule has 1 aliphatic rings. The highest BCUT2D eigenvalue weighted by Crippen LogP contribution is 2.17. The van der Waals surface area contributed by atoms with Gasteiger partial charge in [-0.25, -0.2) is 9.99 Å². The summed E-state index contributed by atoms with van der Waals surface area (Å²) in [7, 11) is 0. The van der Waals surface area contributed by atoms with Gasteiger partial charge in [0.2, 0.25) is 0 Å². The van der Waals surface area contributed by atoms with E-state index in [1.807, 2.05) is 24.5 Å². The number of aromatic nitrogens is 1. The van der Waals surface area contributed by atoms with Crippen LogP contribution in [0.4, 0.5) is 5.69 Å². The molecule has 0 spiro atoms. The van der Waals surface area contributed by atoms with Crippen molar-refractivity contribution in [1.29, 1.82) is 0 Å². The fourth-order valence-corrected chi connectivity index (χ4v) is 1.29. The van der Waals surface area contributed by atoms with Crippen LogP contribution in [0.15, 0.2) is 40.3 Å². The molecule has 0 fully saturated rings. The van der Waals surface area contributed by atoms with Crippen LogP contribution in [0.5, 0.6) is 0 Å². The Morgan fingerprint density at radius 1 is 1.38 bits per heavy atom. The summed E-state index contributed by atoms with van der Waals surface area (Å²) in [6.45, 7) is 0. The predicted octanol–water partition coefficient (Wildman–Crippen LogP) is 2.55. The Morgan fingerprint density at radius 3 is 2.92 bits per heavy atom. The molecular formula is C9H8BrN3. The van der Waals surface area contributed by atoms with Gasteiger partial charge in [0.1, 0.15) is 4.60 Å². The van der Waals surface area contributed by atoms with Crippen molar-refractivity contribution >= 4 is 27.8 Å². The zero-order valence-corrected chi connectivity index (χ0v) is 8.48. The highest BCUT2D eigenvalue weighted by Gasteiger charge is 2.02. The zero-order valence-electron chi connectivity index (χ0n) is 6.89. The first-order chi connectivity index (χ1) is 6.36. The van der Waals surface area contributed by atoms with Crippen molar-refractivity contribution in [2.75, 3.05) is 5.01 Å². The molecule has 0 aliphatic carbocycles. The van der Waals surface area contributed by atoms with E-state index in [9.17, 15) is 0 Å². The summed E-state index contributed by atoms with van der Waals surface area (Å²) in [6, 6.07) is 3.86. The van der Waals surface area contributed by atoms with Crippen LogP contribution < -0.4 is 5.01 Å². The number of nitrogens with zero attached hydrogens (tertiary/aromatic N) is 3. The first-order valence-corrected chi connectivity index (χ1v) is 4.75. The topological polar surface area (TPSA) is 28.5 Å². The molecule has 0 radical (unpaired) electrons. The van der Waals surface area contributed by atoms with Crippen LogP contribution in [0.3, 0.4) is 0 Å². The Kier molecular flexibility index (Phi) is 2.40. The first-order valence-electron chi connectivity index (χ1n) is 3.96. The summed E-state index contributed by atoms with van der Waals surface area (Å²) in [5.41, 5.74) is 0.968. The fourth-order valence-electron chi connectivity index (χ4n) is 1.05. The minimum absolute atomic E-state index is 0.834. The van der Waals surface area contributed by atoms with E-state index in [4.69, 9.17) is 0 Å². The number of pyridine rings is 1. The fraction of sp³-hybridized carbons (Fsp3) is 0.111. The lowest BCUT2D eigenvalue weighted by Gasteiger charge is -2.15. The zero-order chi connectivity index (χ0) is 9.10. The number of anilines is 1. The molecule has 0 aromatic carbocycles. The Labute approximate surface area is 84.9 Å². The molecule has 0 saturated heterocycles. The molecule has 13 heavy (non-hydrogen) atoms. The monoisotopic (exact) mass is 237 g/mol. The maximum Gasteiger partial charge on any atom is 0.106 e. The lowest BCUT2D eigenvalue weighted by Crippen LogP contribution is -2.10. The third-order valence-corrected chi connectivity index (χ3v) is 2.14. The van der Waals surface area contributed by atoms with Gasteiger partial charge in [-0.15, -0.1) is 0 Å². The van der Waals surface area contributed by atoms with Crippen LogP contribution in [-0.2, 0) is 0 Å². The number of hydrogen-bond acceptors (Lipinski definition) is 3. The molecule has 0 unspecified atom stereocenters. The molecule has 2 rings (SSSR count). The minimum atomic E-state index is 0.834. The van der Waals surface area contributed by atoms with E-state index in [2.05, 4.69) is 32.1 Å². The van der Waals surface area contributed by atoms with Gasteiger partial charge in [-0.2, -0.15) is 5.10 Å². The minimum Gasteiger partial charge on any atom is -0.247 e. The summed E-state index contributed by atoms with van der Waals surface area (Å²) in [6.07, 6.45) is 8.53. The number of allylic oxidation sites excluding steroid dienone is 1. The Hall–Kier alpha value is -1.16. The highest BCUT2D eigenvalue weighted by molar-refractivity contribution is 9.10. The molecule has 0 atom stereocenters. The van der Waals surface area contributed by atoms with Gasteiger partial charge in [-0.3, -0.25) is 0 Å². The van der Waals surface area contributed by atoms with Crippen molar-refractivity contribution < 1.29 is 0 Å². The van der Waals surface area contributed by atoms with Gasteiger partial charge < -0.3 is 0 Å². The van der Waals surface area contributed by atoms with Crippen LogP contribution in [0, 0.1) is 0 Å². The van der Waals surface area contributed by atoms with Crippen molar-refractivity contribution in [3.63, 3.8) is 0 Å². The smallest absolute Gasteiger partial charge is 0.106 e. The molecule has 3 nitrogen and oxygen atoms in total. The molecule has 2 heterocycles. The number of hydrazone groups is 1. The van der Waals surface area contributed by atoms with Gasteiger partial charge in [-0.1, -0.05) is 6.08 Å². The van der Waals surface area contributed by atoms with Crippen molar-refractivity contribution in [2.45, 2.75) is 6.42 Å². The van der Waals surface area contributed by atoms with Crippen LogP contribution in [0.2, 0.25) is 0 Å². The molecule has 0 saturated carbocycles. The maximum atomic E-state index is 4.20. The van der Waals surface area contributed by atoms with Gasteiger partial charge in [0.05, 0.1) is 11.9 Å². The molecule has 0 amide bonds. The van der Waals surface area contributed by atoms with E-state index in [1.165, 1.54) is 0 Å². The Bertz CT molecular complexity index is 330. The van der Waals surface area contributed by atoms with Crippen LogP contribution in [-0.4, -0.2) is 11.2 Å². The third kappa shape index (κ3) is 1.95. The largest absolute Gasteiger partial charge is 0.247 e. The molecule has 4 heteroatoms. The lowest BCUT2D eigenvalue weighted by atomic mass is 10.4. The molecular weight excluding hydrogens is 230 g/mol. The summed E-state index contributed by atoms with van der Waals surface area (Å²) < 4.78 is 0.834. The molecule has 66 valence electrons. The number of halogens is 1. The standard InChI is InChI=1S/C9H8BrN3/c10-9-4-3-8(7-11-9)13-6-2-1-5-12-13/h2-7H,1H2. The summed E-state index contributed by atoms with van der Waals surface area (Å²) in [5, 5.41) is 5.99. The second kappa shape index (κ2) is 3.70. The van der Waals surface area contributed by atoms with E-state index < -0.39 is 0 Å². The second-order valence-corrected chi connectivity index (χ2v) is 3.41. The van der Waals surface area contributed by atoms with E-state index in [1.54, 1.807) is 11.2 Å². The average molecular weight is 238 g/mol. The van der Waals surface area contributed by atoms with Gasteiger partial charge >= 0.3 is 0 Å². The van der Waals surface area contributed by atoms with Gasteiger partial charge in [0.25, 0.3) is 0 Å². The average Bonchev–Trinajstić information content (AvgIpc) is 2.20.